The molecule has 1 aromatic carbocycles. The number of piperidine rings is 1. The predicted octanol–water partition coefficient (Wildman–Crippen LogP) is 4.01. The molecule has 0 aromatic heterocycles. The molecule has 2 heteroatoms. The minimum atomic E-state index is -1.25. The van der Waals surface area contributed by atoms with Crippen LogP contribution in [-0.2, 0) is 5.67 Å². The smallest absolute Gasteiger partial charge is 0.130 e. The largest absolute Gasteiger partial charge is 0.310 e. The van der Waals surface area contributed by atoms with Gasteiger partial charge in [0.15, 0.2) is 0 Å². The van der Waals surface area contributed by atoms with Crippen molar-refractivity contribution in [3.05, 3.63) is 34.9 Å². The maximum Gasteiger partial charge on any atom is 0.130 e. The first-order valence-corrected chi connectivity index (χ1v) is 6.52. The van der Waals surface area contributed by atoms with E-state index in [0.717, 1.165) is 18.5 Å². The van der Waals surface area contributed by atoms with Crippen molar-refractivity contribution in [1.82, 2.24) is 5.32 Å². The second-order valence-electron chi connectivity index (χ2n) is 5.55. The molecule has 2 rings (SSSR count). The summed E-state index contributed by atoms with van der Waals surface area (Å²) in [5, 5.41) is 3.53. The summed E-state index contributed by atoms with van der Waals surface area (Å²) in [6.07, 6.45) is 3.68. The van der Waals surface area contributed by atoms with Gasteiger partial charge in [-0.3, -0.25) is 0 Å². The van der Waals surface area contributed by atoms with Gasteiger partial charge in [-0.05, 0) is 56.8 Å². The van der Waals surface area contributed by atoms with Crippen molar-refractivity contribution in [2.45, 2.75) is 51.7 Å². The summed E-state index contributed by atoms with van der Waals surface area (Å²) in [5.41, 5.74) is 2.06. The van der Waals surface area contributed by atoms with E-state index in [1.54, 1.807) is 13.8 Å². The van der Waals surface area contributed by atoms with Crippen LogP contribution in [0.1, 0.15) is 55.8 Å². The number of aryl methyl sites for hydroxylation is 1. The van der Waals surface area contributed by atoms with Gasteiger partial charge in [-0.2, -0.15) is 0 Å². The molecule has 0 radical (unpaired) electrons. The summed E-state index contributed by atoms with van der Waals surface area (Å²) in [5.74, 6) is 0. The molecule has 17 heavy (non-hydrogen) atoms. The second kappa shape index (κ2) is 4.77. The van der Waals surface area contributed by atoms with Crippen molar-refractivity contribution >= 4 is 0 Å². The number of halogens is 1. The summed E-state index contributed by atoms with van der Waals surface area (Å²) in [4.78, 5) is 0. The monoisotopic (exact) mass is 235 g/mol. The molecule has 0 spiro atoms. The van der Waals surface area contributed by atoms with Gasteiger partial charge in [-0.1, -0.05) is 24.6 Å². The fraction of sp³-hybridized carbons (Fsp3) is 0.600. The third-order valence-electron chi connectivity index (χ3n) is 3.65. The topological polar surface area (TPSA) is 12.0 Å². The van der Waals surface area contributed by atoms with Crippen LogP contribution in [-0.4, -0.2) is 6.54 Å². The molecule has 1 aliphatic rings. The molecule has 0 saturated carbocycles. The highest BCUT2D eigenvalue weighted by Crippen LogP contribution is 2.31. The summed E-state index contributed by atoms with van der Waals surface area (Å²) < 4.78 is 14.0. The average Bonchev–Trinajstić information content (AvgIpc) is 2.29. The van der Waals surface area contributed by atoms with Gasteiger partial charge in [0.1, 0.15) is 5.67 Å². The SMILES string of the molecule is Cc1ccc(C(C)(C)F)cc1C1CCCCN1. The zero-order valence-corrected chi connectivity index (χ0v) is 11.0. The van der Waals surface area contributed by atoms with E-state index in [0.29, 0.717) is 6.04 Å². The quantitative estimate of drug-likeness (QED) is 0.816. The van der Waals surface area contributed by atoms with E-state index >= 15 is 0 Å². The normalized spacial score (nSPS) is 21.5. The summed E-state index contributed by atoms with van der Waals surface area (Å²) in [6, 6.07) is 6.40. The minimum Gasteiger partial charge on any atom is -0.310 e. The lowest BCUT2D eigenvalue weighted by atomic mass is 9.89. The molecule has 94 valence electrons. The third-order valence-corrected chi connectivity index (χ3v) is 3.65. The van der Waals surface area contributed by atoms with Crippen molar-refractivity contribution in [2.24, 2.45) is 0 Å². The Morgan fingerprint density at radius 2 is 2.06 bits per heavy atom. The van der Waals surface area contributed by atoms with E-state index in [4.69, 9.17) is 0 Å². The number of hydrogen-bond donors (Lipinski definition) is 1. The van der Waals surface area contributed by atoms with Crippen molar-refractivity contribution in [2.75, 3.05) is 6.54 Å². The van der Waals surface area contributed by atoms with E-state index in [2.05, 4.69) is 12.2 Å². The van der Waals surface area contributed by atoms with Crippen LogP contribution in [0, 0.1) is 6.92 Å². The van der Waals surface area contributed by atoms with Crippen LogP contribution in [0.25, 0.3) is 0 Å². The molecule has 1 fully saturated rings. The first-order valence-electron chi connectivity index (χ1n) is 6.52. The van der Waals surface area contributed by atoms with Crippen LogP contribution in [0.5, 0.6) is 0 Å². The summed E-state index contributed by atoms with van der Waals surface area (Å²) in [7, 11) is 0. The highest BCUT2D eigenvalue weighted by atomic mass is 19.1. The Hall–Kier alpha value is -0.890. The Morgan fingerprint density at radius 1 is 1.29 bits per heavy atom. The van der Waals surface area contributed by atoms with Gasteiger partial charge in [0.25, 0.3) is 0 Å². The fourth-order valence-electron chi connectivity index (χ4n) is 2.50. The Labute approximate surface area is 103 Å². The van der Waals surface area contributed by atoms with Gasteiger partial charge in [-0.15, -0.1) is 0 Å². The lowest BCUT2D eigenvalue weighted by molar-refractivity contribution is 0.221. The molecule has 1 heterocycles. The van der Waals surface area contributed by atoms with E-state index in [1.165, 1.54) is 24.0 Å². The van der Waals surface area contributed by atoms with Crippen molar-refractivity contribution in [3.8, 4) is 0 Å². The van der Waals surface area contributed by atoms with Crippen LogP contribution in [0.3, 0.4) is 0 Å². The van der Waals surface area contributed by atoms with Crippen molar-refractivity contribution in [1.29, 1.82) is 0 Å². The maximum absolute atomic E-state index is 14.0. The number of benzene rings is 1. The van der Waals surface area contributed by atoms with Gasteiger partial charge < -0.3 is 5.32 Å². The van der Waals surface area contributed by atoms with Gasteiger partial charge in [0, 0.05) is 6.04 Å². The molecule has 1 aromatic rings. The lowest BCUT2D eigenvalue weighted by Crippen LogP contribution is -2.27. The molecule has 1 unspecified atom stereocenters. The molecule has 1 N–H and O–H groups in total. The molecule has 0 aliphatic carbocycles. The number of rotatable bonds is 2. The Kier molecular flexibility index (Phi) is 3.53. The van der Waals surface area contributed by atoms with Crippen molar-refractivity contribution in [3.63, 3.8) is 0 Å². The highest BCUT2D eigenvalue weighted by molar-refractivity contribution is 5.36. The summed E-state index contributed by atoms with van der Waals surface area (Å²) >= 11 is 0. The molecule has 1 nitrogen and oxygen atoms in total. The average molecular weight is 235 g/mol. The standard InChI is InChI=1S/C15H22FN/c1-11-7-8-12(15(2,3)16)10-13(11)14-6-4-5-9-17-14/h7-8,10,14,17H,4-6,9H2,1-3H3. The van der Waals surface area contributed by atoms with Gasteiger partial charge in [0.05, 0.1) is 0 Å². The Balaban J connectivity index is 2.31. The van der Waals surface area contributed by atoms with Crippen LogP contribution >= 0.6 is 0 Å². The molecule has 0 bridgehead atoms. The van der Waals surface area contributed by atoms with Crippen LogP contribution in [0.15, 0.2) is 18.2 Å². The predicted molar refractivity (Wildman–Crippen MR) is 69.9 cm³/mol. The first kappa shape index (κ1) is 12.6. The van der Waals surface area contributed by atoms with Crippen LogP contribution in [0.2, 0.25) is 0 Å². The van der Waals surface area contributed by atoms with E-state index < -0.39 is 5.67 Å². The lowest BCUT2D eigenvalue weighted by Gasteiger charge is -2.27. The first-order chi connectivity index (χ1) is 7.98. The third kappa shape index (κ3) is 2.86. The molecular formula is C15H22FN. The number of alkyl halides is 1. The van der Waals surface area contributed by atoms with Crippen molar-refractivity contribution < 1.29 is 4.39 Å². The molecule has 1 atom stereocenters. The van der Waals surface area contributed by atoms with Crippen LogP contribution < -0.4 is 5.32 Å². The second-order valence-corrected chi connectivity index (χ2v) is 5.55. The number of nitrogens with one attached hydrogen (secondary N) is 1. The molecule has 0 amide bonds. The Morgan fingerprint density at radius 3 is 2.65 bits per heavy atom. The van der Waals surface area contributed by atoms with E-state index in [1.807, 2.05) is 18.2 Å². The van der Waals surface area contributed by atoms with E-state index in [9.17, 15) is 4.39 Å². The van der Waals surface area contributed by atoms with Gasteiger partial charge in [-0.25, -0.2) is 4.39 Å². The Bertz CT molecular complexity index is 386. The van der Waals surface area contributed by atoms with Gasteiger partial charge >= 0.3 is 0 Å². The van der Waals surface area contributed by atoms with E-state index in [-0.39, 0.29) is 0 Å². The molecule has 1 saturated heterocycles. The zero-order valence-electron chi connectivity index (χ0n) is 11.0. The van der Waals surface area contributed by atoms with Crippen LogP contribution in [0.4, 0.5) is 4.39 Å². The highest BCUT2D eigenvalue weighted by Gasteiger charge is 2.22. The zero-order chi connectivity index (χ0) is 12.5. The maximum atomic E-state index is 14.0. The molecular weight excluding hydrogens is 213 g/mol. The molecule has 1 aliphatic heterocycles. The number of hydrogen-bond acceptors (Lipinski definition) is 1. The summed E-state index contributed by atoms with van der Waals surface area (Å²) in [6.45, 7) is 6.43. The van der Waals surface area contributed by atoms with Gasteiger partial charge in [0.2, 0.25) is 0 Å². The fourth-order valence-corrected chi connectivity index (χ4v) is 2.50. The minimum absolute atomic E-state index is 0.408.